The number of aliphatic hydroxyl groups is 1. The molecule has 4 aromatic rings. The molecule has 0 saturated heterocycles. The van der Waals surface area contributed by atoms with Crippen molar-refractivity contribution in [3.05, 3.63) is 89.8 Å². The van der Waals surface area contributed by atoms with Gasteiger partial charge in [0.1, 0.15) is 42.4 Å². The molecule has 4 rings (SSSR count). The fourth-order valence-corrected chi connectivity index (χ4v) is 4.26. The van der Waals surface area contributed by atoms with Crippen molar-refractivity contribution in [2.45, 2.75) is 33.5 Å². The van der Waals surface area contributed by atoms with E-state index in [1.165, 1.54) is 0 Å². The number of nitrogens with zero attached hydrogens (tertiary/aromatic N) is 3. The van der Waals surface area contributed by atoms with E-state index >= 15 is 0 Å². The standard InChI is InChI=1S/C31H36ClN3O4/c1-4-34(5-2)19-26(36)21-38-27-13-7-23(8-14-27)30-20-35(31(33-30)22-37-6-3)25-11-17-29(18-12-25)39-28-15-9-24(32)10-16-28/h7-18,20,26,36H,4-6,19,21-22H2,1-3H3/t26-/m0/s1. The van der Waals surface area contributed by atoms with Crippen LogP contribution >= 0.6 is 11.6 Å². The Labute approximate surface area is 235 Å². The summed E-state index contributed by atoms with van der Waals surface area (Å²) in [5.74, 6) is 2.96. The molecule has 1 N–H and O–H groups in total. The number of benzene rings is 3. The van der Waals surface area contributed by atoms with Crippen LogP contribution < -0.4 is 9.47 Å². The number of halogens is 1. The molecule has 3 aromatic carbocycles. The minimum Gasteiger partial charge on any atom is -0.491 e. The summed E-state index contributed by atoms with van der Waals surface area (Å²) in [5, 5.41) is 11.0. The lowest BCUT2D eigenvalue weighted by atomic mass is 10.1. The van der Waals surface area contributed by atoms with Gasteiger partial charge < -0.3 is 28.8 Å². The van der Waals surface area contributed by atoms with Gasteiger partial charge >= 0.3 is 0 Å². The first kappa shape index (κ1) is 28.6. The van der Waals surface area contributed by atoms with Gasteiger partial charge in [-0.15, -0.1) is 0 Å². The van der Waals surface area contributed by atoms with E-state index in [0.29, 0.717) is 30.5 Å². The number of hydrogen-bond acceptors (Lipinski definition) is 6. The van der Waals surface area contributed by atoms with E-state index < -0.39 is 6.10 Å². The number of hydrogen-bond donors (Lipinski definition) is 1. The minimum atomic E-state index is -0.538. The zero-order valence-corrected chi connectivity index (χ0v) is 23.5. The van der Waals surface area contributed by atoms with Crippen molar-refractivity contribution in [1.29, 1.82) is 0 Å². The molecular formula is C31H36ClN3O4. The zero-order valence-electron chi connectivity index (χ0n) is 22.7. The van der Waals surface area contributed by atoms with Gasteiger partial charge in [-0.2, -0.15) is 0 Å². The third-order valence-corrected chi connectivity index (χ3v) is 6.59. The van der Waals surface area contributed by atoms with Crippen LogP contribution in [0.4, 0.5) is 0 Å². The van der Waals surface area contributed by atoms with Crippen molar-refractivity contribution >= 4 is 11.6 Å². The van der Waals surface area contributed by atoms with Gasteiger partial charge in [-0.05, 0) is 92.8 Å². The second-order valence-electron chi connectivity index (χ2n) is 9.07. The average molecular weight is 550 g/mol. The summed E-state index contributed by atoms with van der Waals surface area (Å²) >= 11 is 5.97. The lowest BCUT2D eigenvalue weighted by Gasteiger charge is -2.21. The van der Waals surface area contributed by atoms with Crippen LogP contribution in [0.1, 0.15) is 26.6 Å². The number of aromatic nitrogens is 2. The lowest BCUT2D eigenvalue weighted by molar-refractivity contribution is 0.0716. The molecule has 0 radical (unpaired) electrons. The van der Waals surface area contributed by atoms with Gasteiger partial charge in [0.15, 0.2) is 0 Å². The summed E-state index contributed by atoms with van der Waals surface area (Å²) in [5.41, 5.74) is 2.75. The summed E-state index contributed by atoms with van der Waals surface area (Å²) in [6, 6.07) is 22.9. The Morgan fingerprint density at radius 1 is 0.872 bits per heavy atom. The molecule has 0 fully saturated rings. The Hall–Kier alpha value is -3.36. The smallest absolute Gasteiger partial charge is 0.140 e. The number of rotatable bonds is 14. The number of aliphatic hydroxyl groups excluding tert-OH is 1. The van der Waals surface area contributed by atoms with E-state index in [2.05, 4.69) is 18.7 Å². The van der Waals surface area contributed by atoms with Gasteiger partial charge in [-0.1, -0.05) is 25.4 Å². The van der Waals surface area contributed by atoms with Gasteiger partial charge in [0.2, 0.25) is 0 Å². The highest BCUT2D eigenvalue weighted by Gasteiger charge is 2.13. The van der Waals surface area contributed by atoms with Crippen LogP contribution in [-0.2, 0) is 11.3 Å². The Balaban J connectivity index is 1.46. The maximum absolute atomic E-state index is 10.3. The summed E-state index contributed by atoms with van der Waals surface area (Å²) in [6.45, 7) is 9.79. The third kappa shape index (κ3) is 8.07. The number of ether oxygens (including phenoxy) is 3. The van der Waals surface area contributed by atoms with E-state index in [-0.39, 0.29) is 6.61 Å². The van der Waals surface area contributed by atoms with Crippen molar-refractivity contribution in [3.63, 3.8) is 0 Å². The molecule has 1 aromatic heterocycles. The normalized spacial score (nSPS) is 12.1. The Bertz CT molecular complexity index is 1290. The van der Waals surface area contributed by atoms with Crippen LogP contribution in [0.3, 0.4) is 0 Å². The third-order valence-electron chi connectivity index (χ3n) is 6.33. The molecule has 0 saturated carbocycles. The molecule has 0 aliphatic rings. The molecule has 0 unspecified atom stereocenters. The van der Waals surface area contributed by atoms with Crippen molar-refractivity contribution in [2.24, 2.45) is 0 Å². The molecule has 39 heavy (non-hydrogen) atoms. The quantitative estimate of drug-likeness (QED) is 0.191. The van der Waals surface area contributed by atoms with Crippen LogP contribution in [-0.4, -0.2) is 58.5 Å². The molecule has 0 bridgehead atoms. The van der Waals surface area contributed by atoms with Crippen molar-refractivity contribution < 1.29 is 19.3 Å². The molecule has 1 heterocycles. The SMILES string of the molecule is CCOCc1nc(-c2ccc(OC[C@@H](O)CN(CC)CC)cc2)cn1-c1ccc(Oc2ccc(Cl)cc2)cc1. The Morgan fingerprint density at radius 2 is 1.49 bits per heavy atom. The van der Waals surface area contributed by atoms with Crippen LogP contribution in [0.25, 0.3) is 16.9 Å². The van der Waals surface area contributed by atoms with E-state index in [0.717, 1.165) is 47.4 Å². The number of likely N-dealkylation sites (N-methyl/N-ethyl adjacent to an activating group) is 1. The van der Waals surface area contributed by atoms with Crippen LogP contribution in [0.5, 0.6) is 17.2 Å². The lowest BCUT2D eigenvalue weighted by Crippen LogP contribution is -2.35. The van der Waals surface area contributed by atoms with Crippen molar-refractivity contribution in [2.75, 3.05) is 32.8 Å². The first-order chi connectivity index (χ1) is 19.0. The topological polar surface area (TPSA) is 69.0 Å². The molecule has 206 valence electrons. The summed E-state index contributed by atoms with van der Waals surface area (Å²) in [6.07, 6.45) is 1.47. The Morgan fingerprint density at radius 3 is 2.10 bits per heavy atom. The monoisotopic (exact) mass is 549 g/mol. The molecule has 0 aliphatic heterocycles. The van der Waals surface area contributed by atoms with Crippen LogP contribution in [0, 0.1) is 0 Å². The van der Waals surface area contributed by atoms with E-state index in [9.17, 15) is 5.11 Å². The predicted molar refractivity (Wildman–Crippen MR) is 155 cm³/mol. The predicted octanol–water partition coefficient (Wildman–Crippen LogP) is 6.60. The van der Waals surface area contributed by atoms with Gasteiger partial charge in [0, 0.05) is 35.6 Å². The van der Waals surface area contributed by atoms with Gasteiger partial charge in [0.25, 0.3) is 0 Å². The fourth-order valence-electron chi connectivity index (χ4n) is 4.14. The highest BCUT2D eigenvalue weighted by molar-refractivity contribution is 6.30. The zero-order chi connectivity index (χ0) is 27.6. The Kier molecular flexibility index (Phi) is 10.4. The molecular weight excluding hydrogens is 514 g/mol. The highest BCUT2D eigenvalue weighted by Crippen LogP contribution is 2.27. The maximum atomic E-state index is 10.3. The van der Waals surface area contributed by atoms with E-state index in [1.807, 2.05) is 78.4 Å². The second-order valence-corrected chi connectivity index (χ2v) is 9.51. The first-order valence-corrected chi connectivity index (χ1v) is 13.7. The van der Waals surface area contributed by atoms with Gasteiger partial charge in [-0.3, -0.25) is 0 Å². The van der Waals surface area contributed by atoms with Crippen LogP contribution in [0.2, 0.25) is 5.02 Å². The summed E-state index contributed by atoms with van der Waals surface area (Å²) in [7, 11) is 0. The molecule has 1 atom stereocenters. The van der Waals surface area contributed by atoms with Crippen molar-refractivity contribution in [1.82, 2.24) is 14.5 Å². The highest BCUT2D eigenvalue weighted by atomic mass is 35.5. The van der Waals surface area contributed by atoms with Crippen LogP contribution in [0.15, 0.2) is 79.0 Å². The number of imidazole rings is 1. The molecule has 7 nitrogen and oxygen atoms in total. The van der Waals surface area contributed by atoms with E-state index in [4.69, 9.17) is 30.8 Å². The first-order valence-electron chi connectivity index (χ1n) is 13.3. The second kappa shape index (κ2) is 14.1. The summed E-state index contributed by atoms with van der Waals surface area (Å²) < 4.78 is 19.5. The van der Waals surface area contributed by atoms with Crippen molar-refractivity contribution in [3.8, 4) is 34.2 Å². The molecule has 0 spiro atoms. The maximum Gasteiger partial charge on any atom is 0.140 e. The fraction of sp³-hybridized carbons (Fsp3) is 0.323. The van der Waals surface area contributed by atoms with E-state index in [1.54, 1.807) is 12.1 Å². The van der Waals surface area contributed by atoms with Gasteiger partial charge in [0.05, 0.1) is 5.69 Å². The van der Waals surface area contributed by atoms with Gasteiger partial charge in [-0.25, -0.2) is 4.98 Å². The molecule has 0 aliphatic carbocycles. The average Bonchev–Trinajstić information content (AvgIpc) is 3.39. The minimum absolute atomic E-state index is 0.251. The largest absolute Gasteiger partial charge is 0.491 e. The molecule has 0 amide bonds. The molecule has 8 heteroatoms. The summed E-state index contributed by atoms with van der Waals surface area (Å²) in [4.78, 5) is 7.03.